The van der Waals surface area contributed by atoms with Crippen molar-refractivity contribution in [1.29, 1.82) is 5.26 Å². The molecule has 0 bridgehead atoms. The van der Waals surface area contributed by atoms with E-state index in [1.807, 2.05) is 6.07 Å². The first-order chi connectivity index (χ1) is 7.61. The van der Waals surface area contributed by atoms with Gasteiger partial charge in [0, 0.05) is 16.8 Å². The van der Waals surface area contributed by atoms with Crippen molar-refractivity contribution in [2.75, 3.05) is 5.32 Å². The number of halogens is 1. The summed E-state index contributed by atoms with van der Waals surface area (Å²) in [4.78, 5) is 11.4. The summed E-state index contributed by atoms with van der Waals surface area (Å²) in [5, 5.41) is 14.3. The summed E-state index contributed by atoms with van der Waals surface area (Å²) >= 11 is 5.71. The monoisotopic (exact) mass is 237 g/mol. The van der Waals surface area contributed by atoms with Gasteiger partial charge in [0.2, 0.25) is 0 Å². The highest BCUT2D eigenvalue weighted by Gasteiger charge is 2.06. The molecule has 0 aliphatic carbocycles. The van der Waals surface area contributed by atoms with Gasteiger partial charge in [0.25, 0.3) is 0 Å². The second-order valence-electron chi connectivity index (χ2n) is 3.37. The molecule has 0 saturated carbocycles. The Balaban J connectivity index is 2.46. The van der Waals surface area contributed by atoms with Gasteiger partial charge >= 0.3 is 6.03 Å². The van der Waals surface area contributed by atoms with Gasteiger partial charge in [0.15, 0.2) is 0 Å². The van der Waals surface area contributed by atoms with Crippen LogP contribution in [0.1, 0.15) is 13.3 Å². The Morgan fingerprint density at radius 3 is 2.69 bits per heavy atom. The van der Waals surface area contributed by atoms with E-state index in [2.05, 4.69) is 10.6 Å². The summed E-state index contributed by atoms with van der Waals surface area (Å²) in [5.41, 5.74) is 0.658. The molecule has 2 amide bonds. The summed E-state index contributed by atoms with van der Waals surface area (Å²) in [6.45, 7) is 1.77. The van der Waals surface area contributed by atoms with Crippen molar-refractivity contribution >= 4 is 23.3 Å². The highest BCUT2D eigenvalue weighted by molar-refractivity contribution is 6.30. The molecule has 0 spiro atoms. The Hall–Kier alpha value is -1.73. The standard InChI is InChI=1S/C11H12ClN3O/c1-8(6-7-13)14-11(16)15-10-4-2-9(12)3-5-10/h2-5,8H,6H2,1H3,(H2,14,15,16). The quantitative estimate of drug-likeness (QED) is 0.849. The molecule has 5 heteroatoms. The average molecular weight is 238 g/mol. The maximum atomic E-state index is 11.4. The molecule has 1 aromatic rings. The molecule has 0 heterocycles. The lowest BCUT2D eigenvalue weighted by atomic mass is 10.2. The SMILES string of the molecule is CC(CC#N)NC(=O)Nc1ccc(Cl)cc1. The van der Waals surface area contributed by atoms with Crippen LogP contribution in [0, 0.1) is 11.3 Å². The number of carbonyl (C=O) groups is 1. The summed E-state index contributed by atoms with van der Waals surface area (Å²) < 4.78 is 0. The van der Waals surface area contributed by atoms with Crippen molar-refractivity contribution < 1.29 is 4.79 Å². The molecular formula is C11H12ClN3O. The third-order valence-electron chi connectivity index (χ3n) is 1.88. The Morgan fingerprint density at radius 1 is 1.50 bits per heavy atom. The summed E-state index contributed by atoms with van der Waals surface area (Å²) in [6.07, 6.45) is 0.286. The fourth-order valence-electron chi connectivity index (χ4n) is 1.11. The molecule has 0 radical (unpaired) electrons. The summed E-state index contributed by atoms with van der Waals surface area (Å²) in [6, 6.07) is 8.28. The number of nitrogens with zero attached hydrogens (tertiary/aromatic N) is 1. The van der Waals surface area contributed by atoms with Crippen LogP contribution in [-0.2, 0) is 0 Å². The van der Waals surface area contributed by atoms with Gasteiger partial charge in [-0.15, -0.1) is 0 Å². The molecule has 0 saturated heterocycles. The van der Waals surface area contributed by atoms with Crippen LogP contribution < -0.4 is 10.6 Å². The zero-order chi connectivity index (χ0) is 12.0. The number of hydrogen-bond acceptors (Lipinski definition) is 2. The van der Waals surface area contributed by atoms with E-state index in [0.717, 1.165) is 0 Å². The lowest BCUT2D eigenvalue weighted by Crippen LogP contribution is -2.35. The van der Waals surface area contributed by atoms with Gasteiger partial charge in [-0.2, -0.15) is 5.26 Å². The number of benzene rings is 1. The van der Waals surface area contributed by atoms with Crippen LogP contribution >= 0.6 is 11.6 Å². The molecule has 1 unspecified atom stereocenters. The minimum Gasteiger partial charge on any atom is -0.334 e. The third-order valence-corrected chi connectivity index (χ3v) is 2.13. The lowest BCUT2D eigenvalue weighted by molar-refractivity contribution is 0.249. The van der Waals surface area contributed by atoms with Crippen molar-refractivity contribution in [3.8, 4) is 6.07 Å². The highest BCUT2D eigenvalue weighted by atomic mass is 35.5. The zero-order valence-electron chi connectivity index (χ0n) is 8.83. The first kappa shape index (κ1) is 12.3. The Labute approximate surface area is 99.2 Å². The van der Waals surface area contributed by atoms with Crippen molar-refractivity contribution in [3.05, 3.63) is 29.3 Å². The third kappa shape index (κ3) is 4.20. The van der Waals surface area contributed by atoms with Gasteiger partial charge in [-0.3, -0.25) is 0 Å². The van der Waals surface area contributed by atoms with E-state index < -0.39 is 0 Å². The van der Waals surface area contributed by atoms with Gasteiger partial charge < -0.3 is 10.6 Å². The Morgan fingerprint density at radius 2 is 2.12 bits per heavy atom. The van der Waals surface area contributed by atoms with Crippen LogP contribution in [0.2, 0.25) is 5.02 Å². The van der Waals surface area contributed by atoms with Crippen molar-refractivity contribution in [3.63, 3.8) is 0 Å². The van der Waals surface area contributed by atoms with E-state index in [1.165, 1.54) is 0 Å². The highest BCUT2D eigenvalue weighted by Crippen LogP contribution is 2.13. The van der Waals surface area contributed by atoms with Crippen molar-refractivity contribution in [1.82, 2.24) is 5.32 Å². The first-order valence-electron chi connectivity index (χ1n) is 4.82. The van der Waals surface area contributed by atoms with E-state index in [4.69, 9.17) is 16.9 Å². The number of nitriles is 1. The summed E-state index contributed by atoms with van der Waals surface area (Å²) in [7, 11) is 0. The van der Waals surface area contributed by atoms with Crippen LogP contribution in [0.3, 0.4) is 0 Å². The van der Waals surface area contributed by atoms with Gasteiger partial charge in [0.1, 0.15) is 0 Å². The molecule has 16 heavy (non-hydrogen) atoms. The average Bonchev–Trinajstić information content (AvgIpc) is 2.21. The predicted molar refractivity (Wildman–Crippen MR) is 63.3 cm³/mol. The number of nitrogens with one attached hydrogen (secondary N) is 2. The second kappa shape index (κ2) is 5.99. The van der Waals surface area contributed by atoms with Gasteiger partial charge in [-0.1, -0.05) is 11.6 Å². The molecule has 0 fully saturated rings. The van der Waals surface area contributed by atoms with Gasteiger partial charge in [0.05, 0.1) is 12.5 Å². The second-order valence-corrected chi connectivity index (χ2v) is 3.81. The predicted octanol–water partition coefficient (Wildman–Crippen LogP) is 2.76. The molecule has 84 valence electrons. The van der Waals surface area contributed by atoms with Crippen LogP contribution in [-0.4, -0.2) is 12.1 Å². The molecule has 2 N–H and O–H groups in total. The molecule has 0 aromatic heterocycles. The van der Waals surface area contributed by atoms with Crippen LogP contribution in [0.15, 0.2) is 24.3 Å². The normalized spacial score (nSPS) is 11.3. The molecule has 0 aliphatic heterocycles. The van der Waals surface area contributed by atoms with Gasteiger partial charge in [-0.25, -0.2) is 4.79 Å². The fourth-order valence-corrected chi connectivity index (χ4v) is 1.24. The van der Waals surface area contributed by atoms with E-state index >= 15 is 0 Å². The Kier molecular flexibility index (Phi) is 4.62. The molecular weight excluding hydrogens is 226 g/mol. The number of rotatable bonds is 3. The molecule has 1 atom stereocenters. The number of urea groups is 1. The number of amides is 2. The minimum atomic E-state index is -0.329. The molecule has 0 aliphatic rings. The van der Waals surface area contributed by atoms with E-state index in [0.29, 0.717) is 10.7 Å². The van der Waals surface area contributed by atoms with Crippen LogP contribution in [0.25, 0.3) is 0 Å². The first-order valence-corrected chi connectivity index (χ1v) is 5.19. The van der Waals surface area contributed by atoms with E-state index in [-0.39, 0.29) is 18.5 Å². The lowest BCUT2D eigenvalue weighted by Gasteiger charge is -2.11. The summed E-state index contributed by atoms with van der Waals surface area (Å²) in [5.74, 6) is 0. The Bertz CT molecular complexity index is 397. The molecule has 1 aromatic carbocycles. The zero-order valence-corrected chi connectivity index (χ0v) is 9.58. The van der Waals surface area contributed by atoms with E-state index in [9.17, 15) is 4.79 Å². The van der Waals surface area contributed by atoms with Gasteiger partial charge in [-0.05, 0) is 31.2 Å². The molecule has 1 rings (SSSR count). The van der Waals surface area contributed by atoms with Crippen molar-refractivity contribution in [2.45, 2.75) is 19.4 Å². The number of anilines is 1. The topological polar surface area (TPSA) is 64.9 Å². The maximum absolute atomic E-state index is 11.4. The molecule has 4 nitrogen and oxygen atoms in total. The smallest absolute Gasteiger partial charge is 0.319 e. The largest absolute Gasteiger partial charge is 0.334 e. The van der Waals surface area contributed by atoms with Crippen LogP contribution in [0.5, 0.6) is 0 Å². The minimum absolute atomic E-state index is 0.169. The van der Waals surface area contributed by atoms with Crippen LogP contribution in [0.4, 0.5) is 10.5 Å². The van der Waals surface area contributed by atoms with E-state index in [1.54, 1.807) is 31.2 Å². The number of hydrogen-bond donors (Lipinski definition) is 2. The fraction of sp³-hybridized carbons (Fsp3) is 0.273. The maximum Gasteiger partial charge on any atom is 0.319 e. The number of carbonyl (C=O) groups excluding carboxylic acids is 1. The van der Waals surface area contributed by atoms with Crippen molar-refractivity contribution in [2.24, 2.45) is 0 Å².